The molecule has 0 aliphatic carbocycles. The van der Waals surface area contributed by atoms with Crippen LogP contribution in [0.4, 0.5) is 16.0 Å². The number of rotatable bonds is 1. The third-order valence-corrected chi connectivity index (χ3v) is 4.98. The number of carbonyl (C=O) groups is 1. The number of ether oxygens (including phenoxy) is 1. The van der Waals surface area contributed by atoms with E-state index in [9.17, 15) is 9.18 Å². The van der Waals surface area contributed by atoms with Gasteiger partial charge < -0.3 is 20.7 Å². The van der Waals surface area contributed by atoms with Gasteiger partial charge in [0.2, 0.25) is 5.88 Å². The largest absolute Gasteiger partial charge is 0.477 e. The van der Waals surface area contributed by atoms with Crippen LogP contribution in [0.25, 0.3) is 6.20 Å². The Balaban J connectivity index is 1.78. The van der Waals surface area contributed by atoms with Crippen molar-refractivity contribution in [2.24, 2.45) is 4.99 Å². The van der Waals surface area contributed by atoms with E-state index in [1.807, 2.05) is 4.90 Å². The van der Waals surface area contributed by atoms with Gasteiger partial charge in [-0.05, 0) is 25.3 Å². The van der Waals surface area contributed by atoms with Crippen LogP contribution >= 0.6 is 0 Å². The van der Waals surface area contributed by atoms with E-state index in [-0.39, 0.29) is 23.3 Å². The first kappa shape index (κ1) is 18.9. The number of anilines is 1. The molecule has 1 saturated heterocycles. The number of nitrogens with one attached hydrogen (secondary N) is 1. The topological polar surface area (TPSA) is 111 Å². The van der Waals surface area contributed by atoms with Crippen LogP contribution < -0.4 is 15.8 Å². The lowest BCUT2D eigenvalue weighted by molar-refractivity contribution is 0.0953. The van der Waals surface area contributed by atoms with Gasteiger partial charge in [0.25, 0.3) is 5.91 Å². The lowest BCUT2D eigenvalue weighted by Crippen LogP contribution is -2.27. The highest BCUT2D eigenvalue weighted by Gasteiger charge is 2.29. The first-order valence-corrected chi connectivity index (χ1v) is 9.45. The zero-order valence-corrected chi connectivity index (χ0v) is 15.8. The molecule has 0 radical (unpaired) electrons. The van der Waals surface area contributed by atoms with Gasteiger partial charge in [-0.1, -0.05) is 6.58 Å². The SMILES string of the molecule is C=Cn1nc(N)c2c1/N=C/N1CCCC1c1cc(F)cnc1OCCCNC2=O. The molecule has 4 rings (SSSR count). The summed E-state index contributed by atoms with van der Waals surface area (Å²) in [5.41, 5.74) is 6.83. The lowest BCUT2D eigenvalue weighted by Gasteiger charge is -2.24. The minimum absolute atomic E-state index is 0.0764. The van der Waals surface area contributed by atoms with E-state index in [4.69, 9.17) is 10.5 Å². The van der Waals surface area contributed by atoms with Crippen LogP contribution in [-0.4, -0.2) is 51.6 Å². The molecule has 1 fully saturated rings. The Kier molecular flexibility index (Phi) is 5.15. The number of halogens is 1. The summed E-state index contributed by atoms with van der Waals surface area (Å²) < 4.78 is 21.1. The molecule has 10 heteroatoms. The van der Waals surface area contributed by atoms with Gasteiger partial charge >= 0.3 is 0 Å². The van der Waals surface area contributed by atoms with E-state index >= 15 is 0 Å². The first-order valence-electron chi connectivity index (χ1n) is 9.45. The van der Waals surface area contributed by atoms with Gasteiger partial charge in [0.15, 0.2) is 11.6 Å². The normalized spacial score (nSPS) is 20.5. The fourth-order valence-corrected chi connectivity index (χ4v) is 3.63. The Bertz CT molecular complexity index is 972. The lowest BCUT2D eigenvalue weighted by atomic mass is 10.1. The summed E-state index contributed by atoms with van der Waals surface area (Å²) in [5.74, 6) is 0.00266. The minimum atomic E-state index is -0.413. The molecule has 2 aliphatic rings. The molecule has 2 aromatic heterocycles. The Morgan fingerprint density at radius 1 is 1.41 bits per heavy atom. The van der Waals surface area contributed by atoms with Crippen LogP contribution in [0, 0.1) is 5.82 Å². The molecule has 1 amide bonds. The molecule has 152 valence electrons. The van der Waals surface area contributed by atoms with Crippen LogP contribution in [-0.2, 0) is 0 Å². The Hall–Kier alpha value is -3.43. The number of hydrogen-bond donors (Lipinski definition) is 2. The molecule has 29 heavy (non-hydrogen) atoms. The number of nitrogen functional groups attached to an aromatic ring is 1. The number of pyridine rings is 1. The minimum Gasteiger partial charge on any atom is -0.477 e. The molecule has 3 N–H and O–H groups in total. The standard InChI is InChI=1S/C19H22FN7O2/c1-2-27-17-15(16(21)25-27)18(28)22-6-4-8-29-19-13(9-12(20)10-23-19)14-5-3-7-26(14)11-24-17/h2,9-11,14H,1,3-8H2,(H2,21,25)(H,22,28)/b24-11+. The predicted octanol–water partition coefficient (Wildman–Crippen LogP) is 2.11. The first-order chi connectivity index (χ1) is 14.1. The highest BCUT2D eigenvalue weighted by atomic mass is 19.1. The van der Waals surface area contributed by atoms with Crippen LogP contribution in [0.5, 0.6) is 5.88 Å². The quantitative estimate of drug-likeness (QED) is 0.760. The smallest absolute Gasteiger partial charge is 0.258 e. The van der Waals surface area contributed by atoms with Crippen molar-refractivity contribution in [1.29, 1.82) is 0 Å². The summed E-state index contributed by atoms with van der Waals surface area (Å²) in [6, 6.07) is 1.33. The summed E-state index contributed by atoms with van der Waals surface area (Å²) in [4.78, 5) is 23.2. The highest BCUT2D eigenvalue weighted by molar-refractivity contribution is 6.03. The molecule has 4 heterocycles. The van der Waals surface area contributed by atoms with Crippen LogP contribution in [0.3, 0.4) is 0 Å². The van der Waals surface area contributed by atoms with E-state index in [2.05, 4.69) is 27.0 Å². The molecule has 0 spiro atoms. The molecule has 9 nitrogen and oxygen atoms in total. The molecule has 0 saturated carbocycles. The fraction of sp³-hybridized carbons (Fsp3) is 0.368. The molecular weight excluding hydrogens is 377 g/mol. The Morgan fingerprint density at radius 2 is 2.28 bits per heavy atom. The van der Waals surface area contributed by atoms with E-state index < -0.39 is 5.82 Å². The van der Waals surface area contributed by atoms with Crippen molar-refractivity contribution in [3.63, 3.8) is 0 Å². The second-order valence-electron chi connectivity index (χ2n) is 6.86. The number of nitrogens with zero attached hydrogens (tertiary/aromatic N) is 5. The van der Waals surface area contributed by atoms with E-state index in [0.29, 0.717) is 36.8 Å². The second-order valence-corrected chi connectivity index (χ2v) is 6.86. The number of hydrogen-bond acceptors (Lipinski definition) is 7. The number of aromatic nitrogens is 3. The van der Waals surface area contributed by atoms with Crippen LogP contribution in [0.15, 0.2) is 23.8 Å². The average molecular weight is 399 g/mol. The maximum Gasteiger partial charge on any atom is 0.258 e. The van der Waals surface area contributed by atoms with Gasteiger partial charge in [-0.3, -0.25) is 4.79 Å². The predicted molar refractivity (Wildman–Crippen MR) is 106 cm³/mol. The van der Waals surface area contributed by atoms with E-state index in [1.54, 1.807) is 6.34 Å². The van der Waals surface area contributed by atoms with Crippen molar-refractivity contribution in [3.05, 3.63) is 35.8 Å². The number of aliphatic imine (C=N–C) groups is 1. The van der Waals surface area contributed by atoms with Crippen LogP contribution in [0.1, 0.15) is 41.2 Å². The molecule has 1 atom stereocenters. The summed E-state index contributed by atoms with van der Waals surface area (Å²) in [7, 11) is 0. The Labute approximate surface area is 167 Å². The zero-order valence-electron chi connectivity index (χ0n) is 15.8. The molecular formula is C19H22FN7O2. The van der Waals surface area contributed by atoms with Gasteiger partial charge in [0.05, 0.1) is 25.2 Å². The van der Waals surface area contributed by atoms with E-state index in [1.165, 1.54) is 16.9 Å². The summed E-state index contributed by atoms with van der Waals surface area (Å²) >= 11 is 0. The fourth-order valence-electron chi connectivity index (χ4n) is 3.63. The van der Waals surface area contributed by atoms with Gasteiger partial charge in [0.1, 0.15) is 11.4 Å². The second kappa shape index (κ2) is 7.90. The number of nitrogens with two attached hydrogens (primary N) is 1. The molecule has 1 unspecified atom stereocenters. The number of fused-ring (bicyclic) bond motifs is 4. The van der Waals surface area contributed by atoms with E-state index in [0.717, 1.165) is 25.6 Å². The number of amides is 1. The van der Waals surface area contributed by atoms with Crippen molar-refractivity contribution in [2.45, 2.75) is 25.3 Å². The number of carbonyl (C=O) groups excluding carboxylic acids is 1. The average Bonchev–Trinajstić information content (AvgIpc) is 3.29. The third kappa shape index (κ3) is 3.65. The van der Waals surface area contributed by atoms with Crippen molar-refractivity contribution in [2.75, 3.05) is 25.4 Å². The van der Waals surface area contributed by atoms with Gasteiger partial charge in [0, 0.05) is 24.9 Å². The van der Waals surface area contributed by atoms with Gasteiger partial charge in [-0.15, -0.1) is 5.10 Å². The molecule has 2 aromatic rings. The maximum absolute atomic E-state index is 13.9. The summed E-state index contributed by atoms with van der Waals surface area (Å²) in [6.45, 7) is 5.13. The van der Waals surface area contributed by atoms with Crippen molar-refractivity contribution in [1.82, 2.24) is 25.0 Å². The summed E-state index contributed by atoms with van der Waals surface area (Å²) in [5, 5.41) is 6.92. The molecule has 0 bridgehead atoms. The third-order valence-electron chi connectivity index (χ3n) is 4.98. The van der Waals surface area contributed by atoms with Crippen molar-refractivity contribution in [3.8, 4) is 5.88 Å². The monoisotopic (exact) mass is 399 g/mol. The maximum atomic E-state index is 13.9. The highest BCUT2D eigenvalue weighted by Crippen LogP contribution is 2.36. The molecule has 0 aromatic carbocycles. The van der Waals surface area contributed by atoms with Crippen molar-refractivity contribution < 1.29 is 13.9 Å². The van der Waals surface area contributed by atoms with Crippen LogP contribution in [0.2, 0.25) is 0 Å². The van der Waals surface area contributed by atoms with Gasteiger partial charge in [-0.2, -0.15) is 0 Å². The van der Waals surface area contributed by atoms with Gasteiger partial charge in [-0.25, -0.2) is 19.0 Å². The Morgan fingerprint density at radius 3 is 3.10 bits per heavy atom. The zero-order chi connectivity index (χ0) is 20.4. The summed E-state index contributed by atoms with van der Waals surface area (Å²) in [6.07, 6.45) is 6.48. The molecule has 2 aliphatic heterocycles. The van der Waals surface area contributed by atoms with Crippen molar-refractivity contribution >= 4 is 30.1 Å².